The van der Waals surface area contributed by atoms with Crippen LogP contribution in [-0.4, -0.2) is 42.8 Å². The lowest BCUT2D eigenvalue weighted by Gasteiger charge is -2.27. The molecule has 0 aliphatic carbocycles. The van der Waals surface area contributed by atoms with E-state index in [2.05, 4.69) is 83.2 Å². The summed E-state index contributed by atoms with van der Waals surface area (Å²) in [6.45, 7) is 8.78. The number of aliphatic hydroxyl groups excluding tert-OH is 1. The van der Waals surface area contributed by atoms with Crippen LogP contribution in [-0.2, 0) is 24.7 Å². The number of aromatic nitrogens is 4. The Hall–Kier alpha value is -11.5. The van der Waals surface area contributed by atoms with Gasteiger partial charge in [0.05, 0.1) is 22.8 Å². The summed E-state index contributed by atoms with van der Waals surface area (Å²) >= 11 is 0. The Kier molecular flexibility index (Phi) is 14.6. The monoisotopic (exact) mass is 1210 g/mol. The first-order chi connectivity index (χ1) is 45.1. The first-order valence-corrected chi connectivity index (χ1v) is 31.5. The van der Waals surface area contributed by atoms with Crippen LogP contribution in [0.15, 0.2) is 218 Å². The molecule has 3 aromatic heterocycles. The zero-order chi connectivity index (χ0) is 63.5. The standard InChI is InChI=1S/C81H66N8O4/c1-80(2)45-48-17-13-20-51(41-48)76(90)86-60-29-9-5-25-56(60)72-64-33-35-68(82-64)74-58-27-7-11-31-62(58)88-78(92)53-22-15-19-50(43-53)47-81(3,4)55-24-16-23-54(44-55)79(93)89-63-32-12-8-28-59(63)75(70-39-37-66(72)84-70)71-40-38-67(85-71)73(65-34-36-69(74)83-65)57-26-6-10-30-61(57)87-77(91)52-21-14-18-49(42-52)46-80/h5-44,79,82,85,89,93H,45-47H2,1-4H3,(H,86,90)(H,87,91)(H,88,92). The Morgan fingerprint density at radius 3 is 1.12 bits per heavy atom. The molecular weight excluding hydrogens is 1150 g/mol. The number of benzene rings is 8. The van der Waals surface area contributed by atoms with Crippen molar-refractivity contribution in [3.63, 3.8) is 0 Å². The summed E-state index contributed by atoms with van der Waals surface area (Å²) in [5, 5.41) is 26.0. The van der Waals surface area contributed by atoms with Gasteiger partial charge in [0.15, 0.2) is 6.23 Å². The van der Waals surface area contributed by atoms with Crippen LogP contribution >= 0.6 is 0 Å². The minimum Gasteiger partial charge on any atom is -0.369 e. The molecule has 0 spiro atoms. The maximum atomic E-state index is 14.9. The second-order valence-electron chi connectivity index (χ2n) is 25.9. The average molecular weight is 1220 g/mol. The fourth-order valence-corrected chi connectivity index (χ4v) is 13.8. The Morgan fingerprint density at radius 1 is 0.376 bits per heavy atom. The van der Waals surface area contributed by atoms with Crippen molar-refractivity contribution in [2.45, 2.75) is 58.6 Å². The van der Waals surface area contributed by atoms with Crippen LogP contribution in [0.3, 0.4) is 0 Å². The molecule has 454 valence electrons. The zero-order valence-corrected chi connectivity index (χ0v) is 51.9. The van der Waals surface area contributed by atoms with Crippen molar-refractivity contribution in [2.24, 2.45) is 5.41 Å². The molecule has 20 bridgehead atoms. The fraction of sp³-hybridized carbons (Fsp3) is 0.123. The van der Waals surface area contributed by atoms with Gasteiger partial charge in [-0.2, -0.15) is 0 Å². The van der Waals surface area contributed by atoms with E-state index in [1.165, 1.54) is 0 Å². The van der Waals surface area contributed by atoms with E-state index >= 15 is 0 Å². The third-order valence-corrected chi connectivity index (χ3v) is 18.1. The van der Waals surface area contributed by atoms with Crippen LogP contribution in [0.1, 0.15) is 116 Å². The maximum Gasteiger partial charge on any atom is 0.255 e. The van der Waals surface area contributed by atoms with Crippen molar-refractivity contribution in [1.29, 1.82) is 0 Å². The van der Waals surface area contributed by atoms with Gasteiger partial charge in [-0.25, -0.2) is 9.97 Å². The van der Waals surface area contributed by atoms with E-state index in [4.69, 9.17) is 9.97 Å². The number of carbonyl (C=O) groups is 3. The van der Waals surface area contributed by atoms with Gasteiger partial charge in [-0.15, -0.1) is 0 Å². The molecule has 8 aromatic carbocycles. The van der Waals surface area contributed by atoms with Crippen molar-refractivity contribution in [3.05, 3.63) is 286 Å². The summed E-state index contributed by atoms with van der Waals surface area (Å²) in [7, 11) is 0. The van der Waals surface area contributed by atoms with Gasteiger partial charge in [-0.3, -0.25) is 14.4 Å². The lowest BCUT2D eigenvalue weighted by molar-refractivity contribution is 0.101. The van der Waals surface area contributed by atoms with Gasteiger partial charge in [0.2, 0.25) is 0 Å². The molecule has 0 saturated carbocycles. The highest BCUT2D eigenvalue weighted by Gasteiger charge is 2.28. The Labute approximate surface area is 538 Å². The van der Waals surface area contributed by atoms with Crippen LogP contribution in [0.4, 0.5) is 22.7 Å². The fourth-order valence-electron chi connectivity index (χ4n) is 13.8. The van der Waals surface area contributed by atoms with Crippen molar-refractivity contribution in [2.75, 3.05) is 21.3 Å². The Balaban J connectivity index is 1.07. The topological polar surface area (TPSA) is 177 Å². The number of hydrogen-bond acceptors (Lipinski definition) is 7. The van der Waals surface area contributed by atoms with E-state index in [-0.39, 0.29) is 23.1 Å². The lowest BCUT2D eigenvalue weighted by atomic mass is 9.78. The molecule has 11 aromatic rings. The molecule has 6 aliphatic rings. The molecule has 0 fully saturated rings. The molecule has 3 amide bonds. The smallest absolute Gasteiger partial charge is 0.255 e. The highest BCUT2D eigenvalue weighted by molar-refractivity contribution is 6.12. The lowest BCUT2D eigenvalue weighted by Crippen LogP contribution is -2.22. The Bertz CT molecular complexity index is 5030. The van der Waals surface area contributed by atoms with Crippen LogP contribution in [0, 0.1) is 5.41 Å². The number of anilines is 4. The van der Waals surface area contributed by atoms with E-state index in [9.17, 15) is 19.5 Å². The molecule has 1 atom stereocenters. The van der Waals surface area contributed by atoms with E-state index < -0.39 is 11.6 Å². The average Bonchev–Trinajstić information content (AvgIpc) is 1.66. The summed E-state index contributed by atoms with van der Waals surface area (Å²) in [4.78, 5) is 63.8. The molecule has 12 nitrogen and oxygen atoms in total. The van der Waals surface area contributed by atoms with Crippen molar-refractivity contribution in [1.82, 2.24) is 19.9 Å². The summed E-state index contributed by atoms with van der Waals surface area (Å²) in [5.74, 6) is -0.850. The zero-order valence-electron chi connectivity index (χ0n) is 51.9. The molecule has 12 heteroatoms. The predicted molar refractivity (Wildman–Crippen MR) is 377 cm³/mol. The minimum absolute atomic E-state index is 0.263. The van der Waals surface area contributed by atoms with Gasteiger partial charge in [-0.1, -0.05) is 161 Å². The summed E-state index contributed by atoms with van der Waals surface area (Å²) < 4.78 is 0. The number of rotatable bonds is 0. The van der Waals surface area contributed by atoms with Gasteiger partial charge >= 0.3 is 0 Å². The SMILES string of the molecule is CC1(C)Cc2cccc(c2)C(=O)Nc2ccccc2-c2c3nc(c4c5ccc([nH]5)c(c5nc(c(c6ccc2[nH]6)-c2ccccc2NC(=O)c2cccc(c2)CC(C)(C)c2cccc(c2)C(O)Nc2ccccc2-4)C=C5)-c2ccccc2NC(=O)c2cccc(c2)C1)C=C3. The largest absolute Gasteiger partial charge is 0.369 e. The normalized spacial score (nSPS) is 15.6. The van der Waals surface area contributed by atoms with Gasteiger partial charge in [0, 0.05) is 112 Å². The molecule has 6 aliphatic heterocycles. The molecule has 0 saturated heterocycles. The third kappa shape index (κ3) is 11.3. The highest BCUT2D eigenvalue weighted by atomic mass is 16.3. The predicted octanol–water partition coefficient (Wildman–Crippen LogP) is 18.1. The summed E-state index contributed by atoms with van der Waals surface area (Å²) in [6.07, 6.45) is 8.80. The Morgan fingerprint density at radius 2 is 0.720 bits per heavy atom. The van der Waals surface area contributed by atoms with Crippen LogP contribution in [0.5, 0.6) is 0 Å². The number of nitrogens with one attached hydrogen (secondary N) is 6. The minimum atomic E-state index is -1.15. The van der Waals surface area contributed by atoms with Crippen molar-refractivity contribution < 1.29 is 19.5 Å². The van der Waals surface area contributed by atoms with Gasteiger partial charge < -0.3 is 36.3 Å². The van der Waals surface area contributed by atoms with E-state index in [0.717, 1.165) is 33.4 Å². The molecule has 93 heavy (non-hydrogen) atoms. The number of para-hydroxylation sites is 4. The van der Waals surface area contributed by atoms with Gasteiger partial charge in [0.25, 0.3) is 17.7 Å². The summed E-state index contributed by atoms with van der Waals surface area (Å²) in [6, 6.07) is 70.8. The van der Waals surface area contributed by atoms with Gasteiger partial charge in [0.1, 0.15) is 0 Å². The van der Waals surface area contributed by atoms with Crippen LogP contribution < -0.4 is 21.3 Å². The number of amides is 3. The molecular formula is C81H66N8O4. The number of hydrogen-bond donors (Lipinski definition) is 7. The van der Waals surface area contributed by atoms with Crippen LogP contribution in [0.25, 0.3) is 90.9 Å². The number of H-pyrrole nitrogens is 2. The second-order valence-corrected chi connectivity index (χ2v) is 25.9. The summed E-state index contributed by atoms with van der Waals surface area (Å²) in [5.41, 5.74) is 18.6. The number of aliphatic hydroxyl groups is 1. The third-order valence-electron chi connectivity index (χ3n) is 18.1. The molecule has 1 unspecified atom stereocenters. The first kappa shape index (κ1) is 57.9. The van der Waals surface area contributed by atoms with Crippen molar-refractivity contribution >= 4 is 86.8 Å². The number of aromatic amines is 2. The molecule has 17 rings (SSSR count). The first-order valence-electron chi connectivity index (χ1n) is 31.5. The van der Waals surface area contributed by atoms with E-state index in [1.807, 2.05) is 218 Å². The molecule has 7 N–H and O–H groups in total. The molecule has 0 radical (unpaired) electrons. The van der Waals surface area contributed by atoms with Crippen molar-refractivity contribution in [3.8, 4) is 44.5 Å². The highest BCUT2D eigenvalue weighted by Crippen LogP contribution is 2.44. The molecule has 9 heterocycles. The maximum absolute atomic E-state index is 14.9. The second kappa shape index (κ2) is 23.4. The van der Waals surface area contributed by atoms with E-state index in [1.54, 1.807) is 0 Å². The number of carbonyl (C=O) groups excluding carboxylic acids is 3. The van der Waals surface area contributed by atoms with Crippen LogP contribution in [0.2, 0.25) is 0 Å². The van der Waals surface area contributed by atoms with E-state index in [0.29, 0.717) is 142 Å². The van der Waals surface area contributed by atoms with Gasteiger partial charge in [-0.05, 0) is 162 Å². The quantitative estimate of drug-likeness (QED) is 0.0790. The number of nitrogens with zero attached hydrogens (tertiary/aromatic N) is 2. The number of fused-ring (bicyclic) bond motifs is 7.